The molecular weight excluding hydrogens is 540 g/mol. The number of hydrogen-bond donors (Lipinski definition) is 3. The lowest BCUT2D eigenvalue weighted by molar-refractivity contribution is 0.333. The van der Waals surface area contributed by atoms with Crippen LogP contribution in [-0.2, 0) is 0 Å². The fourth-order valence-corrected chi connectivity index (χ4v) is 5.51. The normalized spacial score (nSPS) is 14.5. The van der Waals surface area contributed by atoms with Gasteiger partial charge in [0, 0.05) is 32.7 Å². The Hall–Kier alpha value is -4.59. The third kappa shape index (κ3) is 4.81. The van der Waals surface area contributed by atoms with E-state index < -0.39 is 0 Å². The number of aromatic amines is 1. The second-order valence-electron chi connectivity index (χ2n) is 9.31. The van der Waals surface area contributed by atoms with Gasteiger partial charge < -0.3 is 15.0 Å². The van der Waals surface area contributed by atoms with E-state index in [1.54, 1.807) is 13.2 Å². The van der Waals surface area contributed by atoms with E-state index in [9.17, 15) is 4.79 Å². The number of fused-ring (bicyclic) bond motifs is 1. The maximum Gasteiger partial charge on any atom is 0.258 e. The molecule has 0 unspecified atom stereocenters. The van der Waals surface area contributed by atoms with E-state index in [-0.39, 0.29) is 11.6 Å². The number of benzene rings is 4. The molecule has 6 rings (SSSR count). The van der Waals surface area contributed by atoms with Gasteiger partial charge in [0.15, 0.2) is 5.11 Å². The zero-order valence-electron chi connectivity index (χ0n) is 21.5. The molecule has 1 atom stereocenters. The van der Waals surface area contributed by atoms with Gasteiger partial charge in [-0.25, -0.2) is 0 Å². The van der Waals surface area contributed by atoms with Crippen molar-refractivity contribution in [1.82, 2.24) is 15.4 Å². The molecule has 0 saturated heterocycles. The molecule has 6 nitrogen and oxygen atoms in total. The number of para-hydroxylation sites is 2. The number of rotatable bonds is 5. The Morgan fingerprint density at radius 3 is 2.38 bits per heavy atom. The number of pyridine rings is 1. The van der Waals surface area contributed by atoms with Gasteiger partial charge in [-0.2, -0.15) is 0 Å². The van der Waals surface area contributed by atoms with Crippen molar-refractivity contribution in [3.8, 4) is 16.9 Å². The third-order valence-corrected chi connectivity index (χ3v) is 7.39. The van der Waals surface area contributed by atoms with Crippen LogP contribution in [0.15, 0.2) is 114 Å². The Labute approximate surface area is 241 Å². The van der Waals surface area contributed by atoms with Crippen LogP contribution in [0.5, 0.6) is 5.75 Å². The molecule has 4 aromatic carbocycles. The van der Waals surface area contributed by atoms with E-state index in [1.165, 1.54) is 0 Å². The molecule has 0 fully saturated rings. The quantitative estimate of drug-likeness (QED) is 0.197. The molecule has 1 aliphatic rings. The molecule has 0 radical (unpaired) electrons. The number of hydrogen-bond acceptors (Lipinski definition) is 4. The standard InChI is InChI=1S/C32H25ClN4O2S/c1-39-28-15-9-8-14-23(28)27-19-26(36-37(27)32(40)34-22-12-6-3-7-13-22)30-29(20-10-4-2-5-11-20)24-18-21(33)16-17-25(24)35-31(30)38/h2-19,27,36H,1H3,(H,34,40)(H,35,38)/t27-/m1/s1. The van der Waals surface area contributed by atoms with Gasteiger partial charge in [0.05, 0.1) is 18.4 Å². The van der Waals surface area contributed by atoms with Crippen molar-refractivity contribution in [1.29, 1.82) is 0 Å². The fourth-order valence-electron chi connectivity index (χ4n) is 5.06. The predicted molar refractivity (Wildman–Crippen MR) is 166 cm³/mol. The van der Waals surface area contributed by atoms with Crippen LogP contribution in [-0.4, -0.2) is 22.2 Å². The molecular formula is C32H25ClN4O2S. The summed E-state index contributed by atoms with van der Waals surface area (Å²) in [5.74, 6) is 0.710. The molecule has 40 heavy (non-hydrogen) atoms. The number of nitrogens with zero attached hydrogens (tertiary/aromatic N) is 1. The summed E-state index contributed by atoms with van der Waals surface area (Å²) in [5.41, 5.74) is 8.45. The van der Waals surface area contributed by atoms with Crippen LogP contribution < -0.4 is 21.0 Å². The molecule has 2 heterocycles. The highest BCUT2D eigenvalue weighted by molar-refractivity contribution is 7.80. The maximum atomic E-state index is 13.8. The topological polar surface area (TPSA) is 69.4 Å². The summed E-state index contributed by atoms with van der Waals surface area (Å²) < 4.78 is 5.70. The predicted octanol–water partition coefficient (Wildman–Crippen LogP) is 7.16. The number of thiocarbonyl (C=S) groups is 1. The number of anilines is 1. The first-order chi connectivity index (χ1) is 19.5. The van der Waals surface area contributed by atoms with Crippen LogP contribution in [0.4, 0.5) is 5.69 Å². The summed E-state index contributed by atoms with van der Waals surface area (Å²) >= 11 is 12.3. The molecule has 0 bridgehead atoms. The molecule has 5 aromatic rings. The largest absolute Gasteiger partial charge is 0.496 e. The summed E-state index contributed by atoms with van der Waals surface area (Å²) in [4.78, 5) is 16.8. The van der Waals surface area contributed by atoms with Crippen molar-refractivity contribution in [3.63, 3.8) is 0 Å². The molecule has 1 aromatic heterocycles. The minimum Gasteiger partial charge on any atom is -0.496 e. The van der Waals surface area contributed by atoms with Gasteiger partial charge in [-0.3, -0.25) is 15.2 Å². The highest BCUT2D eigenvalue weighted by atomic mass is 35.5. The monoisotopic (exact) mass is 564 g/mol. The first-order valence-corrected chi connectivity index (χ1v) is 13.5. The molecule has 198 valence electrons. The number of nitrogens with one attached hydrogen (secondary N) is 3. The molecule has 0 saturated carbocycles. The smallest absolute Gasteiger partial charge is 0.258 e. The van der Waals surface area contributed by atoms with Crippen molar-refractivity contribution in [2.45, 2.75) is 6.04 Å². The maximum absolute atomic E-state index is 13.8. The second-order valence-corrected chi connectivity index (χ2v) is 10.1. The summed E-state index contributed by atoms with van der Waals surface area (Å²) in [6.07, 6.45) is 2.00. The zero-order chi connectivity index (χ0) is 27.6. The molecule has 3 N–H and O–H groups in total. The average Bonchev–Trinajstić information content (AvgIpc) is 3.42. The second kappa shape index (κ2) is 10.9. The number of ether oxygens (including phenoxy) is 1. The van der Waals surface area contributed by atoms with Crippen molar-refractivity contribution in [2.75, 3.05) is 12.4 Å². The Balaban J connectivity index is 1.54. The SMILES string of the molecule is COc1ccccc1[C@H]1C=C(c2c(-c3ccccc3)c3cc(Cl)ccc3[nH]c2=O)NN1C(=S)Nc1ccccc1. The van der Waals surface area contributed by atoms with Crippen molar-refractivity contribution < 1.29 is 4.74 Å². The first-order valence-electron chi connectivity index (χ1n) is 12.7. The van der Waals surface area contributed by atoms with Gasteiger partial charge in [-0.05, 0) is 60.3 Å². The summed E-state index contributed by atoms with van der Waals surface area (Å²) in [6.45, 7) is 0. The number of halogens is 1. The van der Waals surface area contributed by atoms with Crippen molar-refractivity contribution in [2.24, 2.45) is 0 Å². The van der Waals surface area contributed by atoms with E-state index in [1.807, 2.05) is 108 Å². The van der Waals surface area contributed by atoms with Crippen molar-refractivity contribution >= 4 is 51.2 Å². The van der Waals surface area contributed by atoms with E-state index in [4.69, 9.17) is 28.6 Å². The van der Waals surface area contributed by atoms with Gasteiger partial charge in [0.1, 0.15) is 11.8 Å². The average molecular weight is 565 g/mol. The summed E-state index contributed by atoms with van der Waals surface area (Å²) in [6, 6.07) is 32.4. The zero-order valence-corrected chi connectivity index (χ0v) is 23.1. The minimum absolute atomic E-state index is 0.227. The van der Waals surface area contributed by atoms with Gasteiger partial charge >= 0.3 is 0 Å². The van der Waals surface area contributed by atoms with Crippen LogP contribution in [0.2, 0.25) is 5.02 Å². The van der Waals surface area contributed by atoms with Crippen LogP contribution in [0.3, 0.4) is 0 Å². The first kappa shape index (κ1) is 25.7. The lowest BCUT2D eigenvalue weighted by Crippen LogP contribution is -2.42. The number of H-pyrrole nitrogens is 1. The lowest BCUT2D eigenvalue weighted by Gasteiger charge is -2.29. The Morgan fingerprint density at radius 1 is 0.925 bits per heavy atom. The summed E-state index contributed by atoms with van der Waals surface area (Å²) in [5, 5.41) is 7.01. The van der Waals surface area contributed by atoms with Gasteiger partial charge in [-0.15, -0.1) is 0 Å². The van der Waals surface area contributed by atoms with E-state index in [0.717, 1.165) is 27.8 Å². The third-order valence-electron chi connectivity index (χ3n) is 6.85. The Kier molecular flexibility index (Phi) is 6.99. The lowest BCUT2D eigenvalue weighted by atomic mass is 9.94. The van der Waals surface area contributed by atoms with Crippen LogP contribution in [0, 0.1) is 0 Å². The molecule has 0 amide bonds. The molecule has 0 spiro atoms. The highest BCUT2D eigenvalue weighted by Crippen LogP contribution is 2.39. The van der Waals surface area contributed by atoms with Gasteiger partial charge in [-0.1, -0.05) is 78.3 Å². The Morgan fingerprint density at radius 2 is 1.62 bits per heavy atom. The fraction of sp³-hybridized carbons (Fsp3) is 0.0625. The van der Waals surface area contributed by atoms with E-state index >= 15 is 0 Å². The molecule has 0 aliphatic carbocycles. The highest BCUT2D eigenvalue weighted by Gasteiger charge is 2.33. The van der Waals surface area contributed by atoms with Crippen LogP contribution in [0.1, 0.15) is 17.2 Å². The van der Waals surface area contributed by atoms with Crippen molar-refractivity contribution in [3.05, 3.63) is 136 Å². The van der Waals surface area contributed by atoms with Gasteiger partial charge in [0.25, 0.3) is 5.56 Å². The van der Waals surface area contributed by atoms with Gasteiger partial charge in [0.2, 0.25) is 0 Å². The van der Waals surface area contributed by atoms with Crippen LogP contribution >= 0.6 is 23.8 Å². The number of hydrazine groups is 1. The molecule has 8 heteroatoms. The summed E-state index contributed by atoms with van der Waals surface area (Å²) in [7, 11) is 1.64. The number of aromatic nitrogens is 1. The van der Waals surface area contributed by atoms with Crippen LogP contribution in [0.25, 0.3) is 27.7 Å². The van der Waals surface area contributed by atoms with E-state index in [0.29, 0.717) is 32.7 Å². The number of methoxy groups -OCH3 is 1. The Bertz CT molecular complexity index is 1810. The molecule has 1 aliphatic heterocycles. The minimum atomic E-state index is -0.368. The van der Waals surface area contributed by atoms with E-state index in [2.05, 4.69) is 15.7 Å².